The average molecular weight is 272 g/mol. The van der Waals surface area contributed by atoms with Crippen LogP contribution in [0.2, 0.25) is 5.02 Å². The highest BCUT2D eigenvalue weighted by molar-refractivity contribution is 6.31. The maximum atomic E-state index is 9.04. The van der Waals surface area contributed by atoms with Crippen LogP contribution in [-0.4, -0.2) is 41.2 Å². The summed E-state index contributed by atoms with van der Waals surface area (Å²) in [6.45, 7) is 7.40. The predicted octanol–water partition coefficient (Wildman–Crippen LogP) is 2.37. The summed E-state index contributed by atoms with van der Waals surface area (Å²) in [5.41, 5.74) is 0.858. The molecule has 0 unspecified atom stereocenters. The average Bonchev–Trinajstić information content (AvgIpc) is 2.34. The number of rotatable bonds is 8. The fourth-order valence-corrected chi connectivity index (χ4v) is 1.98. The third-order valence-electron chi connectivity index (χ3n) is 2.61. The molecule has 2 N–H and O–H groups in total. The molecule has 0 saturated carbocycles. The summed E-state index contributed by atoms with van der Waals surface area (Å²) in [5.74, 6) is 0.845. The monoisotopic (exact) mass is 271 g/mol. The molecule has 1 aromatic rings. The Hall–Kier alpha value is -0.840. The molecule has 4 nitrogen and oxygen atoms in total. The molecule has 0 saturated heterocycles. The number of nitrogens with zero attached hydrogens (tertiary/aromatic N) is 2. The predicted molar refractivity (Wildman–Crippen MR) is 76.1 cm³/mol. The zero-order valence-corrected chi connectivity index (χ0v) is 11.9. The van der Waals surface area contributed by atoms with Gasteiger partial charge in [0.05, 0.1) is 17.3 Å². The van der Waals surface area contributed by atoms with Gasteiger partial charge in [0.1, 0.15) is 5.82 Å². The van der Waals surface area contributed by atoms with Crippen LogP contribution in [0.4, 0.5) is 5.82 Å². The Morgan fingerprint density at radius 1 is 1.33 bits per heavy atom. The molecule has 5 heteroatoms. The molecule has 0 bridgehead atoms. The molecule has 1 heterocycles. The van der Waals surface area contributed by atoms with Gasteiger partial charge >= 0.3 is 0 Å². The number of aliphatic hydroxyl groups is 1. The number of hydrogen-bond acceptors (Lipinski definition) is 4. The number of halogens is 1. The first-order valence-corrected chi connectivity index (χ1v) is 6.81. The molecule has 0 aromatic carbocycles. The molecule has 0 radical (unpaired) electrons. The van der Waals surface area contributed by atoms with Gasteiger partial charge in [0, 0.05) is 19.6 Å². The topological polar surface area (TPSA) is 48.4 Å². The van der Waals surface area contributed by atoms with Crippen molar-refractivity contribution in [3.8, 4) is 0 Å². The number of aromatic nitrogens is 1. The van der Waals surface area contributed by atoms with Crippen molar-refractivity contribution in [1.82, 2.24) is 9.88 Å². The minimum Gasteiger partial charge on any atom is -0.395 e. The molecular weight excluding hydrogens is 250 g/mol. The van der Waals surface area contributed by atoms with Crippen molar-refractivity contribution in [3.05, 3.63) is 22.8 Å². The van der Waals surface area contributed by atoms with E-state index in [9.17, 15) is 0 Å². The molecule has 18 heavy (non-hydrogen) atoms. The molecule has 0 aliphatic rings. The van der Waals surface area contributed by atoms with Crippen LogP contribution in [0.3, 0.4) is 0 Å². The van der Waals surface area contributed by atoms with Crippen LogP contribution in [0.1, 0.15) is 26.0 Å². The highest BCUT2D eigenvalue weighted by Crippen LogP contribution is 2.18. The molecule has 0 atom stereocenters. The molecule has 102 valence electrons. The zero-order valence-electron chi connectivity index (χ0n) is 11.1. The van der Waals surface area contributed by atoms with Gasteiger partial charge < -0.3 is 10.4 Å². The van der Waals surface area contributed by atoms with Crippen molar-refractivity contribution in [2.45, 2.75) is 26.8 Å². The van der Waals surface area contributed by atoms with E-state index in [0.29, 0.717) is 18.1 Å². The van der Waals surface area contributed by atoms with Crippen LogP contribution in [0, 0.1) is 0 Å². The van der Waals surface area contributed by atoms with E-state index >= 15 is 0 Å². The Bertz CT molecular complexity index is 354. The van der Waals surface area contributed by atoms with Crippen molar-refractivity contribution >= 4 is 17.4 Å². The first kappa shape index (κ1) is 15.2. The van der Waals surface area contributed by atoms with Gasteiger partial charge in [-0.15, -0.1) is 0 Å². The van der Waals surface area contributed by atoms with Gasteiger partial charge in [-0.05, 0) is 32.0 Å². The van der Waals surface area contributed by atoms with Crippen LogP contribution in [0.15, 0.2) is 12.1 Å². The lowest BCUT2D eigenvalue weighted by atomic mass is 10.3. The Morgan fingerprint density at radius 2 is 2.11 bits per heavy atom. The molecular formula is C13H22ClN3O. The molecule has 1 aromatic heterocycles. The lowest BCUT2D eigenvalue weighted by Gasteiger charge is -2.20. The summed E-state index contributed by atoms with van der Waals surface area (Å²) < 4.78 is 0. The fraction of sp³-hybridized carbons (Fsp3) is 0.615. The smallest absolute Gasteiger partial charge is 0.126 e. The first-order chi connectivity index (χ1) is 8.71. The van der Waals surface area contributed by atoms with Crippen molar-refractivity contribution in [3.63, 3.8) is 0 Å². The summed E-state index contributed by atoms with van der Waals surface area (Å²) in [7, 11) is 0. The van der Waals surface area contributed by atoms with Crippen LogP contribution >= 0.6 is 11.6 Å². The third-order valence-corrected chi connectivity index (χ3v) is 2.95. The van der Waals surface area contributed by atoms with Crippen molar-refractivity contribution in [2.75, 3.05) is 31.6 Å². The van der Waals surface area contributed by atoms with Gasteiger partial charge in [-0.1, -0.05) is 18.5 Å². The molecule has 0 spiro atoms. The van der Waals surface area contributed by atoms with Gasteiger partial charge in [0.2, 0.25) is 0 Å². The van der Waals surface area contributed by atoms with Gasteiger partial charge in [-0.25, -0.2) is 4.98 Å². The van der Waals surface area contributed by atoms with E-state index in [4.69, 9.17) is 16.7 Å². The number of hydrogen-bond donors (Lipinski definition) is 2. The third kappa shape index (κ3) is 4.80. The second-order valence-electron chi connectivity index (χ2n) is 4.16. The standard InChI is InChI=1S/C13H22ClN3O/c1-3-7-17(8-9-18)10-12-11(14)5-6-13(16-12)15-4-2/h5-6,18H,3-4,7-10H2,1-2H3,(H,15,16). The van der Waals surface area contributed by atoms with Gasteiger partial charge in [-0.2, -0.15) is 0 Å². The zero-order chi connectivity index (χ0) is 13.4. The van der Waals surface area contributed by atoms with E-state index in [1.165, 1.54) is 0 Å². The Morgan fingerprint density at radius 3 is 2.72 bits per heavy atom. The maximum absolute atomic E-state index is 9.04. The lowest BCUT2D eigenvalue weighted by molar-refractivity contribution is 0.189. The number of anilines is 1. The highest BCUT2D eigenvalue weighted by atomic mass is 35.5. The van der Waals surface area contributed by atoms with Crippen LogP contribution in [0.25, 0.3) is 0 Å². The van der Waals surface area contributed by atoms with Crippen molar-refractivity contribution in [2.24, 2.45) is 0 Å². The van der Waals surface area contributed by atoms with E-state index in [-0.39, 0.29) is 6.61 Å². The maximum Gasteiger partial charge on any atom is 0.126 e. The number of pyridine rings is 1. The minimum atomic E-state index is 0.157. The second kappa shape index (κ2) is 8.29. The fourth-order valence-electron chi connectivity index (χ4n) is 1.81. The molecule has 0 amide bonds. The van der Waals surface area contributed by atoms with E-state index in [0.717, 1.165) is 31.0 Å². The lowest BCUT2D eigenvalue weighted by Crippen LogP contribution is -2.28. The van der Waals surface area contributed by atoms with Gasteiger partial charge in [-0.3, -0.25) is 4.90 Å². The summed E-state index contributed by atoms with van der Waals surface area (Å²) in [5, 5.41) is 12.9. The van der Waals surface area contributed by atoms with Crippen molar-refractivity contribution in [1.29, 1.82) is 0 Å². The Kier molecular flexibility index (Phi) is 7.01. The largest absolute Gasteiger partial charge is 0.395 e. The quantitative estimate of drug-likeness (QED) is 0.762. The van der Waals surface area contributed by atoms with E-state index < -0.39 is 0 Å². The van der Waals surface area contributed by atoms with Crippen LogP contribution < -0.4 is 5.32 Å². The van der Waals surface area contributed by atoms with Crippen molar-refractivity contribution < 1.29 is 5.11 Å². The van der Waals surface area contributed by atoms with Gasteiger partial charge in [0.15, 0.2) is 0 Å². The van der Waals surface area contributed by atoms with Crippen LogP contribution in [0.5, 0.6) is 0 Å². The highest BCUT2D eigenvalue weighted by Gasteiger charge is 2.09. The summed E-state index contributed by atoms with van der Waals surface area (Å²) in [4.78, 5) is 6.66. The normalized spacial score (nSPS) is 10.9. The van der Waals surface area contributed by atoms with Gasteiger partial charge in [0.25, 0.3) is 0 Å². The Labute approximate surface area is 114 Å². The first-order valence-electron chi connectivity index (χ1n) is 6.43. The van der Waals surface area contributed by atoms with E-state index in [2.05, 4.69) is 22.1 Å². The van der Waals surface area contributed by atoms with E-state index in [1.807, 2.05) is 19.1 Å². The molecule has 0 fully saturated rings. The molecule has 0 aliphatic carbocycles. The van der Waals surface area contributed by atoms with E-state index in [1.54, 1.807) is 0 Å². The summed E-state index contributed by atoms with van der Waals surface area (Å²) in [6, 6.07) is 3.75. The number of nitrogens with one attached hydrogen (secondary N) is 1. The Balaban J connectivity index is 2.76. The summed E-state index contributed by atoms with van der Waals surface area (Å²) >= 11 is 6.16. The SMILES string of the molecule is CCCN(CCO)Cc1nc(NCC)ccc1Cl. The minimum absolute atomic E-state index is 0.157. The molecule has 1 rings (SSSR count). The summed E-state index contributed by atoms with van der Waals surface area (Å²) in [6.07, 6.45) is 1.05. The number of aliphatic hydroxyl groups excluding tert-OH is 1. The van der Waals surface area contributed by atoms with Crippen LogP contribution in [-0.2, 0) is 6.54 Å². The molecule has 0 aliphatic heterocycles. The second-order valence-corrected chi connectivity index (χ2v) is 4.56.